The number of hydrogen-bond donors (Lipinski definition) is 0. The second-order valence-corrected chi connectivity index (χ2v) is 6.23. The molecule has 2 atom stereocenters. The zero-order chi connectivity index (χ0) is 20.7. The van der Waals surface area contributed by atoms with Crippen molar-refractivity contribution in [3.05, 3.63) is 58.7 Å². The third-order valence-electron chi connectivity index (χ3n) is 4.24. The van der Waals surface area contributed by atoms with Crippen molar-refractivity contribution in [3.63, 3.8) is 0 Å². The predicted octanol–water partition coefficient (Wildman–Crippen LogP) is 2.94. The number of ether oxygens (including phenoxy) is 5. The Balaban J connectivity index is 1.76. The quantitative estimate of drug-likeness (QED) is 0.717. The molecular formula is C20H14O9. The van der Waals surface area contributed by atoms with Crippen LogP contribution in [0, 0.1) is 0 Å². The van der Waals surface area contributed by atoms with E-state index in [4.69, 9.17) is 23.7 Å². The molecule has 29 heavy (non-hydrogen) atoms. The van der Waals surface area contributed by atoms with Crippen molar-refractivity contribution >= 4 is 23.9 Å². The van der Waals surface area contributed by atoms with Crippen LogP contribution in [-0.2, 0) is 28.5 Å². The van der Waals surface area contributed by atoms with Gasteiger partial charge in [-0.15, -0.1) is 0 Å². The molecule has 0 spiro atoms. The van der Waals surface area contributed by atoms with E-state index in [-0.39, 0.29) is 33.8 Å². The van der Waals surface area contributed by atoms with Crippen LogP contribution in [0.5, 0.6) is 11.5 Å². The van der Waals surface area contributed by atoms with E-state index < -0.39 is 36.5 Å². The topological polar surface area (TPSA) is 114 Å². The Morgan fingerprint density at radius 3 is 1.55 bits per heavy atom. The SMILES string of the molecule is CC(=O)OC1OC(=O)c2cccc(Oc3cccc4c3C(OC(C)=O)OC4=O)c21. The van der Waals surface area contributed by atoms with Gasteiger partial charge in [-0.2, -0.15) is 0 Å². The van der Waals surface area contributed by atoms with Gasteiger partial charge in [0.25, 0.3) is 12.6 Å². The third-order valence-corrected chi connectivity index (χ3v) is 4.24. The van der Waals surface area contributed by atoms with Crippen molar-refractivity contribution in [2.75, 3.05) is 0 Å². The molecule has 2 aliphatic rings. The largest absolute Gasteiger partial charge is 0.456 e. The zero-order valence-corrected chi connectivity index (χ0v) is 15.3. The Labute approximate surface area is 164 Å². The summed E-state index contributed by atoms with van der Waals surface area (Å²) < 4.78 is 26.2. The smallest absolute Gasteiger partial charge is 0.342 e. The van der Waals surface area contributed by atoms with Crippen molar-refractivity contribution in [1.82, 2.24) is 0 Å². The van der Waals surface area contributed by atoms with Crippen LogP contribution in [0.2, 0.25) is 0 Å². The molecule has 0 amide bonds. The number of cyclic esters (lactones) is 2. The maximum atomic E-state index is 12.1. The molecule has 2 aliphatic heterocycles. The van der Waals surface area contributed by atoms with Crippen molar-refractivity contribution in [3.8, 4) is 11.5 Å². The average Bonchev–Trinajstić information content (AvgIpc) is 3.13. The van der Waals surface area contributed by atoms with Crippen molar-refractivity contribution in [2.24, 2.45) is 0 Å². The van der Waals surface area contributed by atoms with E-state index in [1.807, 2.05) is 0 Å². The van der Waals surface area contributed by atoms with Gasteiger partial charge in [0.15, 0.2) is 0 Å². The summed E-state index contributed by atoms with van der Waals surface area (Å²) in [5.41, 5.74) is 0.842. The van der Waals surface area contributed by atoms with Gasteiger partial charge < -0.3 is 23.7 Å². The van der Waals surface area contributed by atoms with E-state index in [1.54, 1.807) is 24.3 Å². The highest BCUT2D eigenvalue weighted by atomic mass is 16.7. The molecule has 2 aromatic rings. The highest BCUT2D eigenvalue weighted by Gasteiger charge is 2.39. The monoisotopic (exact) mass is 398 g/mol. The molecule has 2 unspecified atom stereocenters. The van der Waals surface area contributed by atoms with Gasteiger partial charge in [-0.25, -0.2) is 9.59 Å². The Bertz CT molecular complexity index is 968. The molecule has 0 radical (unpaired) electrons. The fourth-order valence-electron chi connectivity index (χ4n) is 3.13. The predicted molar refractivity (Wildman–Crippen MR) is 92.8 cm³/mol. The number of carbonyl (C=O) groups excluding carboxylic acids is 4. The van der Waals surface area contributed by atoms with Gasteiger partial charge in [0, 0.05) is 13.8 Å². The average molecular weight is 398 g/mol. The standard InChI is InChI=1S/C20H14O9/c1-9(21)25-19-15-11(17(23)28-19)5-3-7-13(15)27-14-8-4-6-12-16(14)20(26-10(2)22)29-18(12)24/h3-8,19-20H,1-2H3. The molecule has 0 aliphatic carbocycles. The summed E-state index contributed by atoms with van der Waals surface area (Å²) in [6.45, 7) is 2.37. The van der Waals surface area contributed by atoms with E-state index in [1.165, 1.54) is 26.0 Å². The normalized spacial score (nSPS) is 19.0. The molecule has 2 heterocycles. The van der Waals surface area contributed by atoms with Crippen LogP contribution < -0.4 is 4.74 Å². The summed E-state index contributed by atoms with van der Waals surface area (Å²) >= 11 is 0. The zero-order valence-electron chi connectivity index (χ0n) is 15.3. The summed E-state index contributed by atoms with van der Waals surface area (Å²) in [6, 6.07) is 9.26. The molecule has 4 rings (SSSR count). The molecule has 148 valence electrons. The summed E-state index contributed by atoms with van der Waals surface area (Å²) in [5.74, 6) is -2.25. The van der Waals surface area contributed by atoms with Crippen LogP contribution in [-0.4, -0.2) is 23.9 Å². The molecule has 0 saturated carbocycles. The molecule has 0 aromatic heterocycles. The van der Waals surface area contributed by atoms with Crippen LogP contribution in [0.1, 0.15) is 58.3 Å². The highest BCUT2D eigenvalue weighted by Crippen LogP contribution is 2.44. The van der Waals surface area contributed by atoms with Crippen LogP contribution in [0.4, 0.5) is 0 Å². The van der Waals surface area contributed by atoms with Gasteiger partial charge >= 0.3 is 23.9 Å². The van der Waals surface area contributed by atoms with Gasteiger partial charge in [-0.3, -0.25) is 9.59 Å². The maximum Gasteiger partial charge on any atom is 0.342 e. The fraction of sp³-hybridized carbons (Fsp3) is 0.200. The van der Waals surface area contributed by atoms with Gasteiger partial charge in [0.1, 0.15) is 11.5 Å². The van der Waals surface area contributed by atoms with E-state index in [9.17, 15) is 19.2 Å². The molecule has 0 bridgehead atoms. The lowest BCUT2D eigenvalue weighted by Gasteiger charge is -2.17. The lowest BCUT2D eigenvalue weighted by atomic mass is 10.1. The van der Waals surface area contributed by atoms with Crippen LogP contribution in [0.25, 0.3) is 0 Å². The van der Waals surface area contributed by atoms with E-state index >= 15 is 0 Å². The summed E-state index contributed by atoms with van der Waals surface area (Å²) in [4.78, 5) is 46.9. The molecule has 0 N–H and O–H groups in total. The fourth-order valence-corrected chi connectivity index (χ4v) is 3.13. The van der Waals surface area contributed by atoms with Crippen molar-refractivity contribution in [2.45, 2.75) is 26.4 Å². The minimum absolute atomic E-state index is 0.175. The van der Waals surface area contributed by atoms with Gasteiger partial charge in [0.2, 0.25) is 0 Å². The lowest BCUT2D eigenvalue weighted by Crippen LogP contribution is -2.10. The number of rotatable bonds is 4. The van der Waals surface area contributed by atoms with Crippen molar-refractivity contribution < 1.29 is 42.9 Å². The Morgan fingerprint density at radius 2 is 1.17 bits per heavy atom. The van der Waals surface area contributed by atoms with E-state index in [2.05, 4.69) is 0 Å². The Morgan fingerprint density at radius 1 is 0.759 bits per heavy atom. The minimum Gasteiger partial charge on any atom is -0.456 e. The Hall–Kier alpha value is -3.88. The van der Waals surface area contributed by atoms with Gasteiger partial charge in [-0.05, 0) is 24.3 Å². The number of esters is 4. The summed E-state index contributed by atoms with van der Waals surface area (Å²) in [7, 11) is 0. The van der Waals surface area contributed by atoms with Crippen LogP contribution in [0.3, 0.4) is 0 Å². The maximum absolute atomic E-state index is 12.1. The molecule has 0 saturated heterocycles. The minimum atomic E-state index is -1.26. The summed E-state index contributed by atoms with van der Waals surface area (Å²) in [6.07, 6.45) is -2.52. The third kappa shape index (κ3) is 3.27. The second-order valence-electron chi connectivity index (χ2n) is 6.23. The first-order valence-corrected chi connectivity index (χ1v) is 8.55. The van der Waals surface area contributed by atoms with Crippen molar-refractivity contribution in [1.29, 1.82) is 0 Å². The Kier molecular flexibility index (Phi) is 4.42. The summed E-state index contributed by atoms with van der Waals surface area (Å²) in [5, 5.41) is 0. The molecule has 9 nitrogen and oxygen atoms in total. The number of benzene rings is 2. The number of hydrogen-bond acceptors (Lipinski definition) is 9. The van der Waals surface area contributed by atoms with Gasteiger partial charge in [-0.1, -0.05) is 12.1 Å². The highest BCUT2D eigenvalue weighted by molar-refractivity contribution is 5.96. The first-order chi connectivity index (χ1) is 13.8. The number of fused-ring (bicyclic) bond motifs is 2. The van der Waals surface area contributed by atoms with E-state index in [0.717, 1.165) is 0 Å². The lowest BCUT2D eigenvalue weighted by molar-refractivity contribution is -0.166. The van der Waals surface area contributed by atoms with Crippen LogP contribution >= 0.6 is 0 Å². The number of carbonyl (C=O) groups is 4. The van der Waals surface area contributed by atoms with Gasteiger partial charge in [0.05, 0.1) is 22.3 Å². The molecular weight excluding hydrogens is 384 g/mol. The second kappa shape index (κ2) is 6.93. The van der Waals surface area contributed by atoms with Crippen LogP contribution in [0.15, 0.2) is 36.4 Å². The first-order valence-electron chi connectivity index (χ1n) is 8.55. The molecule has 9 heteroatoms. The first kappa shape index (κ1) is 18.5. The molecule has 2 aromatic carbocycles. The molecule has 0 fully saturated rings. The van der Waals surface area contributed by atoms with E-state index in [0.29, 0.717) is 0 Å².